The van der Waals surface area contributed by atoms with Crippen molar-refractivity contribution >= 4 is 11.6 Å². The topological polar surface area (TPSA) is 29.5 Å². The predicted molar refractivity (Wildman–Crippen MR) is 44.2 cm³/mol. The minimum atomic E-state index is 0.130. The maximum absolute atomic E-state index is 9.24. The van der Waals surface area contributed by atoms with Crippen LogP contribution in [0, 0.1) is 0 Å². The maximum atomic E-state index is 9.24. The van der Waals surface area contributed by atoms with Gasteiger partial charge in [-0.1, -0.05) is 6.07 Å². The highest BCUT2D eigenvalue weighted by Gasteiger charge is 2.00. The smallest absolute Gasteiger partial charge is 0.160 e. The Morgan fingerprint density at radius 1 is 1.55 bits per heavy atom. The van der Waals surface area contributed by atoms with Gasteiger partial charge in [0.25, 0.3) is 0 Å². The van der Waals surface area contributed by atoms with E-state index in [1.165, 1.54) is 7.11 Å². The van der Waals surface area contributed by atoms with Crippen LogP contribution in [0.4, 0.5) is 0 Å². The summed E-state index contributed by atoms with van der Waals surface area (Å²) in [7, 11) is 1.51. The molecule has 1 aromatic carbocycles. The highest BCUT2D eigenvalue weighted by atomic mass is 35.5. The van der Waals surface area contributed by atoms with Crippen molar-refractivity contribution < 1.29 is 9.84 Å². The molecule has 60 valence electrons. The van der Waals surface area contributed by atoms with Gasteiger partial charge in [0.15, 0.2) is 11.5 Å². The second-order valence-electron chi connectivity index (χ2n) is 2.14. The van der Waals surface area contributed by atoms with Crippen molar-refractivity contribution in [2.45, 2.75) is 5.88 Å². The van der Waals surface area contributed by atoms with E-state index in [0.717, 1.165) is 5.56 Å². The summed E-state index contributed by atoms with van der Waals surface area (Å²) in [5.74, 6) is 1.00. The molecular weight excluding hydrogens is 164 g/mol. The van der Waals surface area contributed by atoms with Crippen molar-refractivity contribution in [2.75, 3.05) is 7.11 Å². The van der Waals surface area contributed by atoms with E-state index in [2.05, 4.69) is 0 Å². The molecule has 0 saturated heterocycles. The van der Waals surface area contributed by atoms with Gasteiger partial charge in [0.05, 0.1) is 7.11 Å². The van der Waals surface area contributed by atoms with E-state index >= 15 is 0 Å². The molecule has 1 rings (SSSR count). The standard InChI is InChI=1S/C8H9ClO2/c1-11-8-3-2-6(5-9)4-7(8)10/h2-4,10H,5H2,1H3. The van der Waals surface area contributed by atoms with Gasteiger partial charge in [-0.15, -0.1) is 11.6 Å². The first-order valence-corrected chi connectivity index (χ1v) is 3.73. The number of rotatable bonds is 2. The number of ether oxygens (including phenoxy) is 1. The van der Waals surface area contributed by atoms with Crippen LogP contribution in [0.1, 0.15) is 5.56 Å². The van der Waals surface area contributed by atoms with Gasteiger partial charge in [0, 0.05) is 5.88 Å². The number of methoxy groups -OCH3 is 1. The molecule has 0 radical (unpaired) electrons. The third-order valence-electron chi connectivity index (χ3n) is 1.40. The predicted octanol–water partition coefficient (Wildman–Crippen LogP) is 2.14. The fourth-order valence-corrected chi connectivity index (χ4v) is 0.985. The minimum absolute atomic E-state index is 0.130. The molecule has 0 atom stereocenters. The van der Waals surface area contributed by atoms with Crippen LogP contribution in [-0.4, -0.2) is 12.2 Å². The van der Waals surface area contributed by atoms with Crippen LogP contribution in [0.3, 0.4) is 0 Å². The van der Waals surface area contributed by atoms with Crippen molar-refractivity contribution in [2.24, 2.45) is 0 Å². The molecule has 11 heavy (non-hydrogen) atoms. The first-order chi connectivity index (χ1) is 5.27. The molecule has 2 nitrogen and oxygen atoms in total. The Morgan fingerprint density at radius 3 is 2.73 bits per heavy atom. The molecule has 0 aromatic heterocycles. The second-order valence-corrected chi connectivity index (χ2v) is 2.41. The lowest BCUT2D eigenvalue weighted by Crippen LogP contribution is -1.84. The molecule has 0 aliphatic carbocycles. The molecule has 0 amide bonds. The molecule has 3 heteroatoms. The number of aromatic hydroxyl groups is 1. The van der Waals surface area contributed by atoms with E-state index < -0.39 is 0 Å². The molecule has 0 fully saturated rings. The summed E-state index contributed by atoms with van der Waals surface area (Å²) < 4.78 is 4.85. The molecular formula is C8H9ClO2. The average molecular weight is 173 g/mol. The van der Waals surface area contributed by atoms with Crippen LogP contribution < -0.4 is 4.74 Å². The SMILES string of the molecule is COc1ccc(CCl)cc1O. The van der Waals surface area contributed by atoms with Gasteiger partial charge >= 0.3 is 0 Å². The van der Waals surface area contributed by atoms with E-state index in [-0.39, 0.29) is 5.75 Å². The van der Waals surface area contributed by atoms with Crippen molar-refractivity contribution in [3.05, 3.63) is 23.8 Å². The molecule has 1 aromatic rings. The van der Waals surface area contributed by atoms with Crippen LogP contribution >= 0.6 is 11.6 Å². The van der Waals surface area contributed by atoms with E-state index in [9.17, 15) is 5.11 Å². The van der Waals surface area contributed by atoms with E-state index in [1.54, 1.807) is 12.1 Å². The van der Waals surface area contributed by atoms with Crippen LogP contribution in [-0.2, 0) is 5.88 Å². The summed E-state index contributed by atoms with van der Waals surface area (Å²) in [6.07, 6.45) is 0. The number of hydrogen-bond donors (Lipinski definition) is 1. The largest absolute Gasteiger partial charge is 0.504 e. The van der Waals surface area contributed by atoms with Gasteiger partial charge in [-0.25, -0.2) is 0 Å². The zero-order valence-electron chi connectivity index (χ0n) is 6.17. The summed E-state index contributed by atoms with van der Waals surface area (Å²) in [5.41, 5.74) is 0.880. The summed E-state index contributed by atoms with van der Waals surface area (Å²) in [5, 5.41) is 9.24. The lowest BCUT2D eigenvalue weighted by Gasteiger charge is -2.03. The third kappa shape index (κ3) is 1.77. The number of hydrogen-bond acceptors (Lipinski definition) is 2. The Kier molecular flexibility index (Phi) is 2.60. The van der Waals surface area contributed by atoms with Gasteiger partial charge in [-0.05, 0) is 17.7 Å². The van der Waals surface area contributed by atoms with Crippen LogP contribution in [0.5, 0.6) is 11.5 Å². The minimum Gasteiger partial charge on any atom is -0.504 e. The fraction of sp³-hybridized carbons (Fsp3) is 0.250. The van der Waals surface area contributed by atoms with E-state index in [4.69, 9.17) is 16.3 Å². The zero-order valence-corrected chi connectivity index (χ0v) is 6.93. The van der Waals surface area contributed by atoms with E-state index in [1.807, 2.05) is 6.07 Å². The summed E-state index contributed by atoms with van der Waals surface area (Å²) in [6, 6.07) is 5.09. The van der Waals surface area contributed by atoms with Crippen molar-refractivity contribution in [3.63, 3.8) is 0 Å². The van der Waals surface area contributed by atoms with E-state index in [0.29, 0.717) is 11.6 Å². The zero-order chi connectivity index (χ0) is 8.27. The van der Waals surface area contributed by atoms with Crippen LogP contribution in [0.25, 0.3) is 0 Å². The molecule has 0 aliphatic rings. The number of phenolic OH excluding ortho intramolecular Hbond substituents is 1. The number of alkyl halides is 1. The highest BCUT2D eigenvalue weighted by molar-refractivity contribution is 6.17. The normalized spacial score (nSPS) is 9.64. The number of halogens is 1. The lowest BCUT2D eigenvalue weighted by molar-refractivity contribution is 0.373. The number of phenols is 1. The first-order valence-electron chi connectivity index (χ1n) is 3.19. The fourth-order valence-electron chi connectivity index (χ4n) is 0.819. The first kappa shape index (κ1) is 8.21. The summed E-state index contributed by atoms with van der Waals surface area (Å²) >= 11 is 5.54. The summed E-state index contributed by atoms with van der Waals surface area (Å²) in [4.78, 5) is 0. The van der Waals surface area contributed by atoms with Gasteiger partial charge in [0.2, 0.25) is 0 Å². The third-order valence-corrected chi connectivity index (χ3v) is 1.71. The number of benzene rings is 1. The molecule has 0 aliphatic heterocycles. The molecule has 0 saturated carbocycles. The quantitative estimate of drug-likeness (QED) is 0.693. The second kappa shape index (κ2) is 3.49. The van der Waals surface area contributed by atoms with Crippen molar-refractivity contribution in [3.8, 4) is 11.5 Å². The van der Waals surface area contributed by atoms with Gasteiger partial charge in [-0.2, -0.15) is 0 Å². The highest BCUT2D eigenvalue weighted by Crippen LogP contribution is 2.26. The Morgan fingerprint density at radius 2 is 2.27 bits per heavy atom. The van der Waals surface area contributed by atoms with Crippen molar-refractivity contribution in [1.29, 1.82) is 0 Å². The molecule has 0 heterocycles. The Hall–Kier alpha value is -0.890. The average Bonchev–Trinajstić information content (AvgIpc) is 2.04. The van der Waals surface area contributed by atoms with Crippen molar-refractivity contribution in [1.82, 2.24) is 0 Å². The lowest BCUT2D eigenvalue weighted by atomic mass is 10.2. The molecule has 0 bridgehead atoms. The van der Waals surface area contributed by atoms with Gasteiger partial charge < -0.3 is 9.84 Å². The Labute approximate surface area is 70.4 Å². The molecule has 1 N–H and O–H groups in total. The molecule has 0 unspecified atom stereocenters. The van der Waals surface area contributed by atoms with Crippen LogP contribution in [0.15, 0.2) is 18.2 Å². The Balaban J connectivity index is 2.99. The van der Waals surface area contributed by atoms with Crippen LogP contribution in [0.2, 0.25) is 0 Å². The van der Waals surface area contributed by atoms with Gasteiger partial charge in [0.1, 0.15) is 0 Å². The summed E-state index contributed by atoms with van der Waals surface area (Å²) in [6.45, 7) is 0. The monoisotopic (exact) mass is 172 g/mol. The van der Waals surface area contributed by atoms with Gasteiger partial charge in [-0.3, -0.25) is 0 Å². The molecule has 0 spiro atoms. The maximum Gasteiger partial charge on any atom is 0.160 e. The Bertz CT molecular complexity index is 248.